The highest BCUT2D eigenvalue weighted by Crippen LogP contribution is 2.22. The molecule has 36 heavy (non-hydrogen) atoms. The zero-order valence-corrected chi connectivity index (χ0v) is 21.3. The predicted octanol–water partition coefficient (Wildman–Crippen LogP) is 2.17. The molecule has 1 fully saturated rings. The molecule has 0 unspecified atom stereocenters. The van der Waals surface area contributed by atoms with Gasteiger partial charge in [-0.05, 0) is 61.9 Å². The quantitative estimate of drug-likeness (QED) is 0.471. The fourth-order valence-corrected chi connectivity index (χ4v) is 5.92. The Balaban J connectivity index is 1.50. The first-order valence-corrected chi connectivity index (χ1v) is 13.9. The van der Waals surface area contributed by atoms with Crippen molar-refractivity contribution in [2.45, 2.75) is 23.6 Å². The number of ether oxygens (including phenoxy) is 1. The van der Waals surface area contributed by atoms with E-state index in [2.05, 4.69) is 20.0 Å². The first kappa shape index (κ1) is 25.7. The zero-order valence-electron chi connectivity index (χ0n) is 19.6. The van der Waals surface area contributed by atoms with Crippen molar-refractivity contribution in [1.29, 1.82) is 0 Å². The largest absolute Gasteiger partial charge is 0.379 e. The minimum Gasteiger partial charge on any atom is -0.379 e. The van der Waals surface area contributed by atoms with Gasteiger partial charge < -0.3 is 10.1 Å². The van der Waals surface area contributed by atoms with Crippen LogP contribution in [-0.4, -0.2) is 63.3 Å². The van der Waals surface area contributed by atoms with Crippen molar-refractivity contribution in [3.05, 3.63) is 71.5 Å². The lowest BCUT2D eigenvalue weighted by atomic mass is 10.1. The van der Waals surface area contributed by atoms with Crippen LogP contribution in [0.5, 0.6) is 0 Å². The van der Waals surface area contributed by atoms with Gasteiger partial charge in [0.1, 0.15) is 0 Å². The van der Waals surface area contributed by atoms with Crippen LogP contribution in [0.1, 0.15) is 21.6 Å². The van der Waals surface area contributed by atoms with Gasteiger partial charge in [-0.25, -0.2) is 31.5 Å². The number of amides is 1. The van der Waals surface area contributed by atoms with E-state index in [1.165, 1.54) is 46.9 Å². The molecule has 0 saturated carbocycles. The Morgan fingerprint density at radius 3 is 2.28 bits per heavy atom. The fourth-order valence-electron chi connectivity index (χ4n) is 3.54. The van der Waals surface area contributed by atoms with Crippen molar-refractivity contribution in [2.24, 2.45) is 0 Å². The number of benzene rings is 2. The molecular weight excluding hydrogens is 506 g/mol. The molecule has 0 atom stereocenters. The molecule has 190 valence electrons. The Bertz CT molecular complexity index is 1490. The molecule has 2 heterocycles. The first-order valence-electron chi connectivity index (χ1n) is 11.0. The summed E-state index contributed by atoms with van der Waals surface area (Å²) in [7, 11) is -7.70. The normalized spacial score (nSPS) is 14.8. The molecule has 1 saturated heterocycles. The lowest BCUT2D eigenvalue weighted by Gasteiger charge is -2.26. The van der Waals surface area contributed by atoms with Gasteiger partial charge in [-0.15, -0.1) is 0 Å². The molecule has 0 aliphatic carbocycles. The van der Waals surface area contributed by atoms with E-state index in [0.29, 0.717) is 30.2 Å². The summed E-state index contributed by atoms with van der Waals surface area (Å²) < 4.78 is 60.1. The topological polar surface area (TPSA) is 148 Å². The minimum atomic E-state index is -3.93. The van der Waals surface area contributed by atoms with Crippen molar-refractivity contribution in [1.82, 2.24) is 14.3 Å². The first-order chi connectivity index (χ1) is 17.1. The van der Waals surface area contributed by atoms with E-state index in [-0.39, 0.29) is 34.4 Å². The van der Waals surface area contributed by atoms with Crippen LogP contribution in [-0.2, 0) is 24.8 Å². The highest BCUT2D eigenvalue weighted by atomic mass is 32.2. The number of morpholine rings is 1. The number of carbonyl (C=O) groups is 1. The molecule has 0 bridgehead atoms. The maximum Gasteiger partial charge on any atom is 0.264 e. The summed E-state index contributed by atoms with van der Waals surface area (Å²) in [5, 5.41) is 2.69. The molecule has 3 aromatic rings. The number of hydrogen-bond donors (Lipinski definition) is 2. The summed E-state index contributed by atoms with van der Waals surface area (Å²) in [6.45, 7) is 4.55. The third kappa shape index (κ3) is 5.70. The van der Waals surface area contributed by atoms with Crippen LogP contribution in [0.25, 0.3) is 0 Å². The summed E-state index contributed by atoms with van der Waals surface area (Å²) in [5.41, 5.74) is 1.73. The van der Waals surface area contributed by atoms with E-state index in [1.807, 2.05) is 0 Å². The average Bonchev–Trinajstić information content (AvgIpc) is 2.85. The van der Waals surface area contributed by atoms with Crippen molar-refractivity contribution in [3.8, 4) is 0 Å². The van der Waals surface area contributed by atoms with Gasteiger partial charge in [-0.2, -0.15) is 4.31 Å². The van der Waals surface area contributed by atoms with Crippen molar-refractivity contribution < 1.29 is 26.4 Å². The van der Waals surface area contributed by atoms with E-state index >= 15 is 0 Å². The Hall–Kier alpha value is -3.39. The van der Waals surface area contributed by atoms with Crippen molar-refractivity contribution in [3.63, 3.8) is 0 Å². The molecule has 11 nitrogen and oxygen atoms in total. The standard InChI is InChI=1S/C23H25N5O6S2/c1-16-3-6-20(36(32,33)28-11-13-34-14-12-28)15-21(16)22(29)26-18-4-7-19(8-5-18)35(30,31)27-23-24-10-9-17(2)25-23/h3-10,15H,11-14H2,1-2H3,(H,26,29)(H,24,25,27). The molecule has 2 aromatic carbocycles. The van der Waals surface area contributed by atoms with Gasteiger partial charge >= 0.3 is 0 Å². The maximum atomic E-state index is 13.0. The van der Waals surface area contributed by atoms with Gasteiger partial charge in [0, 0.05) is 36.2 Å². The van der Waals surface area contributed by atoms with Gasteiger partial charge in [0.2, 0.25) is 16.0 Å². The number of sulfonamides is 2. The fraction of sp³-hybridized carbons (Fsp3) is 0.261. The average molecular weight is 532 g/mol. The van der Waals surface area contributed by atoms with Crippen LogP contribution in [0.4, 0.5) is 11.6 Å². The van der Waals surface area contributed by atoms with Crippen molar-refractivity contribution >= 4 is 37.6 Å². The summed E-state index contributed by atoms with van der Waals surface area (Å²) in [5.74, 6) is -0.566. The van der Waals surface area contributed by atoms with Crippen LogP contribution in [0.3, 0.4) is 0 Å². The molecular formula is C23H25N5O6S2. The summed E-state index contributed by atoms with van der Waals surface area (Å²) in [6, 6.07) is 11.6. The molecule has 4 rings (SSSR count). The van der Waals surface area contributed by atoms with Crippen LogP contribution < -0.4 is 10.0 Å². The smallest absolute Gasteiger partial charge is 0.264 e. The lowest BCUT2D eigenvalue weighted by molar-refractivity contribution is 0.0730. The highest BCUT2D eigenvalue weighted by molar-refractivity contribution is 7.92. The number of nitrogens with zero attached hydrogens (tertiary/aromatic N) is 3. The van der Waals surface area contributed by atoms with E-state index in [9.17, 15) is 21.6 Å². The zero-order chi connectivity index (χ0) is 25.9. The minimum absolute atomic E-state index is 0.0195. The Morgan fingerprint density at radius 2 is 1.61 bits per heavy atom. The van der Waals surface area contributed by atoms with Crippen LogP contribution >= 0.6 is 0 Å². The molecule has 1 aliphatic heterocycles. The number of anilines is 2. The second-order valence-electron chi connectivity index (χ2n) is 8.10. The Morgan fingerprint density at radius 1 is 0.944 bits per heavy atom. The number of aryl methyl sites for hydroxylation is 2. The third-order valence-corrected chi connectivity index (χ3v) is 8.74. The molecule has 0 spiro atoms. The summed E-state index contributed by atoms with van der Waals surface area (Å²) >= 11 is 0. The number of aromatic nitrogens is 2. The number of rotatable bonds is 7. The third-order valence-electron chi connectivity index (χ3n) is 5.50. The molecule has 1 aliphatic rings. The SMILES string of the molecule is Cc1ccnc(NS(=O)(=O)c2ccc(NC(=O)c3cc(S(=O)(=O)N4CCOCC4)ccc3C)cc2)n1. The van der Waals surface area contributed by atoms with E-state index in [4.69, 9.17) is 4.74 Å². The lowest BCUT2D eigenvalue weighted by Crippen LogP contribution is -2.40. The molecule has 1 aromatic heterocycles. The number of hydrogen-bond acceptors (Lipinski definition) is 8. The highest BCUT2D eigenvalue weighted by Gasteiger charge is 2.27. The van der Waals surface area contributed by atoms with Gasteiger partial charge in [-0.1, -0.05) is 6.07 Å². The van der Waals surface area contributed by atoms with E-state index in [1.54, 1.807) is 26.0 Å². The molecule has 2 N–H and O–H groups in total. The monoisotopic (exact) mass is 531 g/mol. The predicted molar refractivity (Wildman–Crippen MR) is 133 cm³/mol. The van der Waals surface area contributed by atoms with Crippen LogP contribution in [0.2, 0.25) is 0 Å². The van der Waals surface area contributed by atoms with Gasteiger partial charge in [0.15, 0.2) is 0 Å². The van der Waals surface area contributed by atoms with Gasteiger partial charge in [-0.3, -0.25) is 4.79 Å². The Labute approximate surface area is 209 Å². The number of carbonyl (C=O) groups excluding carboxylic acids is 1. The second-order valence-corrected chi connectivity index (χ2v) is 11.7. The van der Waals surface area contributed by atoms with E-state index in [0.717, 1.165) is 0 Å². The molecule has 0 radical (unpaired) electrons. The van der Waals surface area contributed by atoms with Crippen LogP contribution in [0, 0.1) is 13.8 Å². The van der Waals surface area contributed by atoms with Crippen LogP contribution in [0.15, 0.2) is 64.5 Å². The van der Waals surface area contributed by atoms with Crippen molar-refractivity contribution in [2.75, 3.05) is 36.3 Å². The maximum absolute atomic E-state index is 13.0. The Kier molecular flexibility index (Phi) is 7.36. The summed E-state index contributed by atoms with van der Waals surface area (Å²) in [4.78, 5) is 20.9. The van der Waals surface area contributed by atoms with Gasteiger partial charge in [0.05, 0.1) is 23.0 Å². The second kappa shape index (κ2) is 10.3. The molecule has 1 amide bonds. The van der Waals surface area contributed by atoms with E-state index < -0.39 is 26.0 Å². The molecule has 13 heteroatoms. The number of nitrogens with one attached hydrogen (secondary N) is 2. The van der Waals surface area contributed by atoms with Gasteiger partial charge in [0.25, 0.3) is 15.9 Å². The summed E-state index contributed by atoms with van der Waals surface area (Å²) in [6.07, 6.45) is 1.45.